The van der Waals surface area contributed by atoms with Gasteiger partial charge in [-0.2, -0.15) is 5.10 Å². The molecule has 0 saturated heterocycles. The minimum atomic E-state index is -0.105. The zero-order chi connectivity index (χ0) is 16.5. The molecule has 2 heterocycles. The summed E-state index contributed by atoms with van der Waals surface area (Å²) < 4.78 is 3.21. The van der Waals surface area contributed by atoms with Gasteiger partial charge in [-0.1, -0.05) is 19.3 Å². The monoisotopic (exact) mass is 328 g/mol. The average Bonchev–Trinajstić information content (AvgIpc) is 2.97. The first-order valence-corrected chi connectivity index (χ1v) is 9.11. The SMILES string of the molecule is O=C(Cn1ccn2nc3c(c2c1=O)CCCC3)NC1CCCCC1. The van der Waals surface area contributed by atoms with Crippen LogP contribution in [0.1, 0.15) is 56.2 Å². The minimum absolute atomic E-state index is 0.0678. The Kier molecular flexibility index (Phi) is 4.12. The van der Waals surface area contributed by atoms with Crippen molar-refractivity contribution in [1.29, 1.82) is 0 Å². The molecule has 0 atom stereocenters. The molecule has 0 aromatic carbocycles. The Morgan fingerprint density at radius 2 is 1.92 bits per heavy atom. The van der Waals surface area contributed by atoms with E-state index in [9.17, 15) is 9.59 Å². The van der Waals surface area contributed by atoms with Gasteiger partial charge in [0.15, 0.2) is 0 Å². The first kappa shape index (κ1) is 15.4. The van der Waals surface area contributed by atoms with Crippen LogP contribution in [0.25, 0.3) is 5.52 Å². The summed E-state index contributed by atoms with van der Waals surface area (Å²) in [6.45, 7) is 0.0891. The van der Waals surface area contributed by atoms with Gasteiger partial charge < -0.3 is 9.88 Å². The third-order valence-electron chi connectivity index (χ3n) is 5.32. The van der Waals surface area contributed by atoms with Gasteiger partial charge in [0.2, 0.25) is 5.91 Å². The summed E-state index contributed by atoms with van der Waals surface area (Å²) in [6, 6.07) is 0.272. The highest BCUT2D eigenvalue weighted by Crippen LogP contribution is 2.22. The van der Waals surface area contributed by atoms with E-state index >= 15 is 0 Å². The second-order valence-corrected chi connectivity index (χ2v) is 7.06. The van der Waals surface area contributed by atoms with Gasteiger partial charge >= 0.3 is 0 Å². The number of carbonyl (C=O) groups excluding carboxylic acids is 1. The standard InChI is InChI=1S/C18H24N4O2/c23-16(19-13-6-2-1-3-7-13)12-21-10-11-22-17(18(21)24)14-8-4-5-9-15(14)20-22/h10-11,13H,1-9,12H2,(H,19,23). The lowest BCUT2D eigenvalue weighted by Gasteiger charge is -2.22. The molecule has 2 aliphatic carbocycles. The highest BCUT2D eigenvalue weighted by Gasteiger charge is 2.21. The number of hydrogen-bond donors (Lipinski definition) is 1. The maximum absolute atomic E-state index is 12.8. The fourth-order valence-electron chi connectivity index (χ4n) is 4.05. The Morgan fingerprint density at radius 1 is 1.12 bits per heavy atom. The Bertz CT molecular complexity index is 814. The molecule has 1 fully saturated rings. The van der Waals surface area contributed by atoms with Crippen molar-refractivity contribution in [2.75, 3.05) is 0 Å². The molecule has 0 unspecified atom stereocenters. The molecular formula is C18H24N4O2. The number of amides is 1. The lowest BCUT2D eigenvalue weighted by molar-refractivity contribution is -0.122. The minimum Gasteiger partial charge on any atom is -0.352 e. The summed E-state index contributed by atoms with van der Waals surface area (Å²) in [5.74, 6) is -0.0678. The van der Waals surface area contributed by atoms with E-state index in [2.05, 4.69) is 10.4 Å². The van der Waals surface area contributed by atoms with Crippen LogP contribution in [0, 0.1) is 0 Å². The zero-order valence-electron chi connectivity index (χ0n) is 14.0. The van der Waals surface area contributed by atoms with E-state index in [-0.39, 0.29) is 24.1 Å². The number of fused-ring (bicyclic) bond motifs is 3. The van der Waals surface area contributed by atoms with Gasteiger partial charge in [-0.3, -0.25) is 9.59 Å². The first-order chi connectivity index (χ1) is 11.7. The molecule has 2 aromatic heterocycles. The predicted molar refractivity (Wildman–Crippen MR) is 91.1 cm³/mol. The third kappa shape index (κ3) is 2.85. The van der Waals surface area contributed by atoms with Crippen molar-refractivity contribution in [1.82, 2.24) is 19.5 Å². The molecule has 1 N–H and O–H groups in total. The van der Waals surface area contributed by atoms with Crippen molar-refractivity contribution in [3.05, 3.63) is 34.0 Å². The van der Waals surface area contributed by atoms with Crippen molar-refractivity contribution in [2.24, 2.45) is 0 Å². The van der Waals surface area contributed by atoms with Crippen LogP contribution >= 0.6 is 0 Å². The van der Waals surface area contributed by atoms with Gasteiger partial charge in [0.25, 0.3) is 5.56 Å². The summed E-state index contributed by atoms with van der Waals surface area (Å²) in [5.41, 5.74) is 2.67. The fraction of sp³-hybridized carbons (Fsp3) is 0.611. The summed E-state index contributed by atoms with van der Waals surface area (Å²) in [5, 5.41) is 7.61. The largest absolute Gasteiger partial charge is 0.352 e. The van der Waals surface area contributed by atoms with Gasteiger partial charge in [0, 0.05) is 24.0 Å². The van der Waals surface area contributed by atoms with Crippen LogP contribution < -0.4 is 10.9 Å². The van der Waals surface area contributed by atoms with Crippen molar-refractivity contribution >= 4 is 11.4 Å². The summed E-state index contributed by atoms with van der Waals surface area (Å²) in [4.78, 5) is 25.1. The molecule has 1 amide bonds. The van der Waals surface area contributed by atoms with Crippen LogP contribution in [0.5, 0.6) is 0 Å². The summed E-state index contributed by atoms with van der Waals surface area (Å²) in [6.07, 6.45) is 13.3. The van der Waals surface area contributed by atoms with E-state index in [1.54, 1.807) is 16.9 Å². The van der Waals surface area contributed by atoms with Gasteiger partial charge in [-0.25, -0.2) is 4.52 Å². The molecule has 0 radical (unpaired) electrons. The van der Waals surface area contributed by atoms with Gasteiger partial charge in [0.1, 0.15) is 12.1 Å². The second-order valence-electron chi connectivity index (χ2n) is 7.06. The van der Waals surface area contributed by atoms with Crippen molar-refractivity contribution in [3.8, 4) is 0 Å². The highest BCUT2D eigenvalue weighted by atomic mass is 16.2. The third-order valence-corrected chi connectivity index (χ3v) is 5.32. The normalized spacial score (nSPS) is 18.5. The molecule has 128 valence electrons. The molecule has 24 heavy (non-hydrogen) atoms. The van der Waals surface area contributed by atoms with E-state index in [0.717, 1.165) is 49.8 Å². The molecule has 2 aliphatic rings. The molecule has 0 bridgehead atoms. The van der Waals surface area contributed by atoms with Crippen LogP contribution in [0.4, 0.5) is 0 Å². The van der Waals surface area contributed by atoms with Crippen LogP contribution in [0.2, 0.25) is 0 Å². The van der Waals surface area contributed by atoms with E-state index in [1.807, 2.05) is 0 Å². The summed E-state index contributed by atoms with van der Waals surface area (Å²) >= 11 is 0. The van der Waals surface area contributed by atoms with E-state index < -0.39 is 0 Å². The Labute approximate surface area is 140 Å². The van der Waals surface area contributed by atoms with Crippen LogP contribution in [0.3, 0.4) is 0 Å². The number of nitrogens with zero attached hydrogens (tertiary/aromatic N) is 3. The smallest absolute Gasteiger partial charge is 0.277 e. The molecule has 0 spiro atoms. The van der Waals surface area contributed by atoms with E-state index in [0.29, 0.717) is 5.52 Å². The topological polar surface area (TPSA) is 68.4 Å². The maximum Gasteiger partial charge on any atom is 0.277 e. The number of nitrogens with one attached hydrogen (secondary N) is 1. The maximum atomic E-state index is 12.8. The highest BCUT2D eigenvalue weighted by molar-refractivity contribution is 5.76. The summed E-state index contributed by atoms with van der Waals surface area (Å²) in [7, 11) is 0. The van der Waals surface area contributed by atoms with Gasteiger partial charge in [-0.05, 0) is 38.5 Å². The number of hydrogen-bond acceptors (Lipinski definition) is 3. The molecular weight excluding hydrogens is 304 g/mol. The number of aromatic nitrogens is 3. The van der Waals surface area contributed by atoms with Gasteiger partial charge in [-0.15, -0.1) is 0 Å². The molecule has 1 saturated carbocycles. The van der Waals surface area contributed by atoms with E-state index in [1.165, 1.54) is 23.8 Å². The van der Waals surface area contributed by atoms with Crippen molar-refractivity contribution in [3.63, 3.8) is 0 Å². The zero-order valence-corrected chi connectivity index (χ0v) is 14.0. The second kappa shape index (κ2) is 6.42. The average molecular weight is 328 g/mol. The Balaban J connectivity index is 1.57. The molecule has 0 aliphatic heterocycles. The quantitative estimate of drug-likeness (QED) is 0.934. The Morgan fingerprint density at radius 3 is 2.75 bits per heavy atom. The fourth-order valence-corrected chi connectivity index (χ4v) is 4.05. The van der Waals surface area contributed by atoms with Crippen LogP contribution in [0.15, 0.2) is 17.2 Å². The Hall–Kier alpha value is -2.11. The predicted octanol–water partition coefficient (Wildman–Crippen LogP) is 1.82. The molecule has 2 aromatic rings. The van der Waals surface area contributed by atoms with Crippen LogP contribution in [-0.4, -0.2) is 26.1 Å². The van der Waals surface area contributed by atoms with Crippen molar-refractivity contribution in [2.45, 2.75) is 70.4 Å². The molecule has 6 heteroatoms. The lowest BCUT2D eigenvalue weighted by Crippen LogP contribution is -2.40. The van der Waals surface area contributed by atoms with Crippen LogP contribution in [-0.2, 0) is 24.2 Å². The number of carbonyl (C=O) groups is 1. The molecule has 6 nitrogen and oxygen atoms in total. The molecule has 4 rings (SSSR count). The van der Waals surface area contributed by atoms with Gasteiger partial charge in [0.05, 0.1) is 5.69 Å². The number of rotatable bonds is 3. The lowest BCUT2D eigenvalue weighted by atomic mass is 9.95. The van der Waals surface area contributed by atoms with E-state index in [4.69, 9.17) is 0 Å². The van der Waals surface area contributed by atoms with Crippen molar-refractivity contribution < 1.29 is 4.79 Å². The first-order valence-electron chi connectivity index (χ1n) is 9.11. The number of aryl methyl sites for hydroxylation is 2.